The lowest BCUT2D eigenvalue weighted by Gasteiger charge is -2.25. The molecule has 0 radical (unpaired) electrons. The molecule has 0 spiro atoms. The zero-order chi connectivity index (χ0) is 12.2. The lowest BCUT2D eigenvalue weighted by Crippen LogP contribution is -2.33. The van der Waals surface area contributed by atoms with E-state index < -0.39 is 12.4 Å². The maximum Gasteiger partial charge on any atom is 0.409 e. The molecule has 1 aliphatic heterocycles. The summed E-state index contributed by atoms with van der Waals surface area (Å²) in [5.74, 6) is -0.133. The van der Waals surface area contributed by atoms with E-state index in [1.807, 2.05) is 0 Å². The van der Waals surface area contributed by atoms with Gasteiger partial charge < -0.3 is 14.8 Å². The van der Waals surface area contributed by atoms with Gasteiger partial charge in [-0.3, -0.25) is 4.79 Å². The number of ether oxygens (including phenoxy) is 2. The lowest BCUT2D eigenvalue weighted by molar-refractivity contribution is -0.159. The summed E-state index contributed by atoms with van der Waals surface area (Å²) in [7, 11) is 1.48. The second-order valence-electron chi connectivity index (χ2n) is 5.25. The number of hydrogen-bond acceptors (Lipinski definition) is 4. The first-order valence-corrected chi connectivity index (χ1v) is 5.83. The van der Waals surface area contributed by atoms with Crippen molar-refractivity contribution < 1.29 is 19.1 Å². The SMILES string of the molecule is CNC(=O)OC1OC(=O)C2C1C1C=CC2(C)C1. The number of nitrogens with one attached hydrogen (secondary N) is 1. The van der Waals surface area contributed by atoms with Gasteiger partial charge in [-0.05, 0) is 17.8 Å². The summed E-state index contributed by atoms with van der Waals surface area (Å²) in [5, 5.41) is 2.37. The molecule has 0 aromatic rings. The summed E-state index contributed by atoms with van der Waals surface area (Å²) < 4.78 is 10.3. The number of esters is 1. The van der Waals surface area contributed by atoms with Crippen LogP contribution in [0.1, 0.15) is 13.3 Å². The highest BCUT2D eigenvalue weighted by atomic mass is 16.7. The molecular weight excluding hydrogens is 222 g/mol. The maximum absolute atomic E-state index is 11.9. The van der Waals surface area contributed by atoms with Crippen LogP contribution in [-0.4, -0.2) is 25.4 Å². The molecular formula is C12H15NO4. The van der Waals surface area contributed by atoms with Crippen molar-refractivity contribution in [2.45, 2.75) is 19.6 Å². The monoisotopic (exact) mass is 237 g/mol. The van der Waals surface area contributed by atoms with Crippen LogP contribution in [0.4, 0.5) is 4.79 Å². The van der Waals surface area contributed by atoms with E-state index in [1.54, 1.807) is 0 Å². The minimum absolute atomic E-state index is 0.0187. The molecule has 0 aromatic carbocycles. The highest BCUT2D eigenvalue weighted by molar-refractivity contribution is 5.78. The van der Waals surface area contributed by atoms with Crippen molar-refractivity contribution in [1.82, 2.24) is 5.32 Å². The summed E-state index contributed by atoms with van der Waals surface area (Å²) in [6.07, 6.45) is 3.88. The minimum Gasteiger partial charge on any atom is -0.424 e. The first-order valence-electron chi connectivity index (χ1n) is 5.83. The van der Waals surface area contributed by atoms with Crippen LogP contribution >= 0.6 is 0 Å². The van der Waals surface area contributed by atoms with Gasteiger partial charge in [0.05, 0.1) is 11.8 Å². The van der Waals surface area contributed by atoms with Gasteiger partial charge in [0.2, 0.25) is 0 Å². The zero-order valence-electron chi connectivity index (χ0n) is 9.80. The lowest BCUT2D eigenvalue weighted by atomic mass is 9.76. The summed E-state index contributed by atoms with van der Waals surface area (Å²) in [6, 6.07) is 0. The van der Waals surface area contributed by atoms with E-state index in [0.717, 1.165) is 6.42 Å². The van der Waals surface area contributed by atoms with Crippen LogP contribution in [0.2, 0.25) is 0 Å². The predicted octanol–water partition coefficient (Wildman–Crippen LogP) is 1.05. The third kappa shape index (κ3) is 1.31. The number of carbonyl (C=O) groups is 2. The fourth-order valence-corrected chi connectivity index (χ4v) is 3.49. The summed E-state index contributed by atoms with van der Waals surface area (Å²) in [4.78, 5) is 23.1. The molecule has 3 aliphatic rings. The van der Waals surface area contributed by atoms with Gasteiger partial charge in [0.1, 0.15) is 0 Å². The number of amides is 1. The van der Waals surface area contributed by atoms with Gasteiger partial charge in [-0.1, -0.05) is 19.1 Å². The minimum atomic E-state index is -0.732. The molecule has 5 nitrogen and oxygen atoms in total. The van der Waals surface area contributed by atoms with Crippen LogP contribution in [0.25, 0.3) is 0 Å². The van der Waals surface area contributed by atoms with Crippen molar-refractivity contribution in [2.75, 3.05) is 7.05 Å². The number of cyclic esters (lactones) is 1. The van der Waals surface area contributed by atoms with Crippen LogP contribution in [0, 0.1) is 23.2 Å². The van der Waals surface area contributed by atoms with Crippen molar-refractivity contribution in [2.24, 2.45) is 23.2 Å². The normalized spacial score (nSPS) is 45.6. The molecule has 1 amide bonds. The van der Waals surface area contributed by atoms with E-state index in [1.165, 1.54) is 7.05 Å². The van der Waals surface area contributed by atoms with Gasteiger partial charge in [-0.2, -0.15) is 0 Å². The average molecular weight is 237 g/mol. The maximum atomic E-state index is 11.9. The molecule has 5 atom stereocenters. The number of carbonyl (C=O) groups excluding carboxylic acids is 2. The molecule has 17 heavy (non-hydrogen) atoms. The summed E-state index contributed by atoms with van der Waals surface area (Å²) in [5.41, 5.74) is -0.118. The van der Waals surface area contributed by atoms with E-state index in [0.29, 0.717) is 0 Å². The number of allylic oxidation sites excluding steroid dienone is 2. The molecule has 1 saturated carbocycles. The third-order valence-electron chi connectivity index (χ3n) is 4.22. The topological polar surface area (TPSA) is 64.6 Å². The van der Waals surface area contributed by atoms with Crippen molar-refractivity contribution in [3.05, 3.63) is 12.2 Å². The number of alkyl carbamates (subject to hydrolysis) is 1. The van der Waals surface area contributed by atoms with Crippen LogP contribution in [0.15, 0.2) is 12.2 Å². The first-order chi connectivity index (χ1) is 8.05. The second-order valence-corrected chi connectivity index (χ2v) is 5.25. The molecule has 5 unspecified atom stereocenters. The van der Waals surface area contributed by atoms with Crippen LogP contribution in [-0.2, 0) is 14.3 Å². The Morgan fingerprint density at radius 1 is 1.65 bits per heavy atom. The van der Waals surface area contributed by atoms with Gasteiger partial charge in [-0.15, -0.1) is 0 Å². The zero-order valence-corrected chi connectivity index (χ0v) is 9.80. The Balaban J connectivity index is 1.85. The molecule has 1 heterocycles. The van der Waals surface area contributed by atoms with E-state index in [4.69, 9.17) is 9.47 Å². The first kappa shape index (κ1) is 10.6. The summed E-state index contributed by atoms with van der Waals surface area (Å²) >= 11 is 0. The largest absolute Gasteiger partial charge is 0.424 e. The number of hydrogen-bond donors (Lipinski definition) is 1. The standard InChI is InChI=1S/C12H15NO4/c1-12-4-3-6(5-12)7-8(12)9(14)16-10(7)17-11(15)13-2/h3-4,6-8,10H,5H2,1-2H3,(H,13,15). The predicted molar refractivity (Wildman–Crippen MR) is 57.8 cm³/mol. The average Bonchev–Trinajstić information content (AvgIpc) is 2.89. The molecule has 2 bridgehead atoms. The van der Waals surface area contributed by atoms with Gasteiger partial charge >= 0.3 is 12.1 Å². The Bertz CT molecular complexity index is 419. The van der Waals surface area contributed by atoms with Gasteiger partial charge in [0.15, 0.2) is 0 Å². The fraction of sp³-hybridized carbons (Fsp3) is 0.667. The molecule has 1 N–H and O–H groups in total. The van der Waals surface area contributed by atoms with Gasteiger partial charge in [0.25, 0.3) is 6.29 Å². The van der Waals surface area contributed by atoms with E-state index in [9.17, 15) is 9.59 Å². The fourth-order valence-electron chi connectivity index (χ4n) is 3.49. The van der Waals surface area contributed by atoms with Crippen molar-refractivity contribution in [3.8, 4) is 0 Å². The molecule has 5 heteroatoms. The van der Waals surface area contributed by atoms with Gasteiger partial charge in [0, 0.05) is 7.05 Å². The molecule has 2 fully saturated rings. The van der Waals surface area contributed by atoms with Crippen molar-refractivity contribution in [1.29, 1.82) is 0 Å². The second kappa shape index (κ2) is 3.24. The Hall–Kier alpha value is -1.52. The van der Waals surface area contributed by atoms with Crippen LogP contribution in [0.3, 0.4) is 0 Å². The van der Waals surface area contributed by atoms with Crippen LogP contribution < -0.4 is 5.32 Å². The van der Waals surface area contributed by atoms with E-state index in [2.05, 4.69) is 24.4 Å². The molecule has 92 valence electrons. The highest BCUT2D eigenvalue weighted by Crippen LogP contribution is 2.60. The molecule has 2 aliphatic carbocycles. The molecule has 0 aromatic heterocycles. The van der Waals surface area contributed by atoms with E-state index >= 15 is 0 Å². The Morgan fingerprint density at radius 3 is 3.12 bits per heavy atom. The van der Waals surface area contributed by atoms with Gasteiger partial charge in [-0.25, -0.2) is 4.79 Å². The van der Waals surface area contributed by atoms with Crippen molar-refractivity contribution in [3.63, 3.8) is 0 Å². The summed E-state index contributed by atoms with van der Waals surface area (Å²) in [6.45, 7) is 2.07. The van der Waals surface area contributed by atoms with Crippen molar-refractivity contribution >= 4 is 12.1 Å². The quantitative estimate of drug-likeness (QED) is 0.547. The highest BCUT2D eigenvalue weighted by Gasteiger charge is 2.64. The van der Waals surface area contributed by atoms with Crippen LogP contribution in [0.5, 0.6) is 0 Å². The smallest absolute Gasteiger partial charge is 0.409 e. The molecule has 3 rings (SSSR count). The number of rotatable bonds is 1. The Labute approximate surface area is 99.1 Å². The third-order valence-corrected chi connectivity index (χ3v) is 4.22. The Morgan fingerprint density at radius 2 is 2.41 bits per heavy atom. The Kier molecular flexibility index (Phi) is 2.03. The number of fused-ring (bicyclic) bond motifs is 5. The van der Waals surface area contributed by atoms with E-state index in [-0.39, 0.29) is 29.1 Å². The molecule has 1 saturated heterocycles.